The summed E-state index contributed by atoms with van der Waals surface area (Å²) in [5, 5.41) is 8.92. The first-order valence-corrected chi connectivity index (χ1v) is 28.1. The molecule has 0 spiro atoms. The second-order valence-corrected chi connectivity index (χ2v) is 19.8. The van der Waals surface area contributed by atoms with E-state index in [4.69, 9.17) is 24.8 Å². The van der Waals surface area contributed by atoms with Gasteiger partial charge in [-0.15, -0.1) is 0 Å². The zero-order valence-corrected chi connectivity index (χ0v) is 41.8. The molecule has 0 aromatic heterocycles. The van der Waals surface area contributed by atoms with E-state index in [1.165, 1.54) is 199 Å². The van der Waals surface area contributed by atoms with Crippen molar-refractivity contribution in [3.05, 3.63) is 0 Å². The Kier molecular flexibility index (Phi) is 45.9. The van der Waals surface area contributed by atoms with E-state index in [1.54, 1.807) is 0 Å². The molecule has 0 bridgehead atoms. The minimum absolute atomic E-state index is 0.170. The van der Waals surface area contributed by atoms with Gasteiger partial charge in [0.15, 0.2) is 6.10 Å². The van der Waals surface area contributed by atoms with Crippen LogP contribution in [0.15, 0.2) is 0 Å². The van der Waals surface area contributed by atoms with Gasteiger partial charge < -0.3 is 25.2 Å². The van der Waals surface area contributed by atoms with Crippen LogP contribution in [0.3, 0.4) is 0 Å². The predicted molar refractivity (Wildman–Crippen MR) is 259 cm³/mol. The Balaban J connectivity index is 4.15. The summed E-state index contributed by atoms with van der Waals surface area (Å²) in [5.41, 5.74) is 5.36. The molecule has 11 nitrogen and oxygen atoms in total. The van der Waals surface area contributed by atoms with Crippen LogP contribution in [0.2, 0.25) is 0 Å². The van der Waals surface area contributed by atoms with E-state index < -0.39 is 51.1 Å². The first-order chi connectivity index (χ1) is 30.6. The van der Waals surface area contributed by atoms with Gasteiger partial charge in [0.2, 0.25) is 0 Å². The number of aliphatic carboxylic acids is 1. The van der Waals surface area contributed by atoms with Gasteiger partial charge in [-0.05, 0) is 12.8 Å². The SMILES string of the molecule is CCCCCCCCCCCCCCCCCCCCCCCCC(=O)OC[C@@H](COP(=O)(O)OC[C@@H](N)C(=O)O)OC(=O)CCCCCCCCCCCCCCCCCCC. The highest BCUT2D eigenvalue weighted by molar-refractivity contribution is 7.47. The number of hydrogen-bond donors (Lipinski definition) is 3. The van der Waals surface area contributed by atoms with Crippen LogP contribution in [0, 0.1) is 0 Å². The molecule has 4 N–H and O–H groups in total. The molecule has 374 valence electrons. The summed E-state index contributed by atoms with van der Waals surface area (Å²) < 4.78 is 32.9. The highest BCUT2D eigenvalue weighted by Gasteiger charge is 2.28. The lowest BCUT2D eigenvalue weighted by Gasteiger charge is -2.20. The number of phosphoric acid groups is 1. The first kappa shape index (κ1) is 61.5. The first-order valence-electron chi connectivity index (χ1n) is 26.6. The van der Waals surface area contributed by atoms with E-state index in [1.807, 2.05) is 0 Å². The molecule has 0 aliphatic heterocycles. The van der Waals surface area contributed by atoms with Crippen LogP contribution >= 0.6 is 7.82 Å². The lowest BCUT2D eigenvalue weighted by molar-refractivity contribution is -0.161. The van der Waals surface area contributed by atoms with Gasteiger partial charge in [0.05, 0.1) is 13.2 Å². The summed E-state index contributed by atoms with van der Waals surface area (Å²) >= 11 is 0. The van der Waals surface area contributed by atoms with Crippen LogP contribution in [-0.4, -0.2) is 59.9 Å². The van der Waals surface area contributed by atoms with Crippen molar-refractivity contribution in [1.82, 2.24) is 0 Å². The number of ether oxygens (including phenoxy) is 2. The predicted octanol–water partition coefficient (Wildman–Crippen LogP) is 15.0. The Bertz CT molecular complexity index is 1080. The molecule has 63 heavy (non-hydrogen) atoms. The number of carbonyl (C=O) groups excluding carboxylic acids is 2. The quantitative estimate of drug-likeness (QED) is 0.0301. The molecule has 0 aromatic carbocycles. The summed E-state index contributed by atoms with van der Waals surface area (Å²) in [5.74, 6) is -2.35. The number of hydrogen-bond acceptors (Lipinski definition) is 9. The zero-order chi connectivity index (χ0) is 46.3. The van der Waals surface area contributed by atoms with Crippen molar-refractivity contribution in [3.8, 4) is 0 Å². The molecule has 0 heterocycles. The van der Waals surface area contributed by atoms with Gasteiger partial charge in [-0.1, -0.05) is 251 Å². The average Bonchev–Trinajstić information content (AvgIpc) is 3.26. The highest BCUT2D eigenvalue weighted by Crippen LogP contribution is 2.43. The Morgan fingerprint density at radius 3 is 1.00 bits per heavy atom. The van der Waals surface area contributed by atoms with Crippen molar-refractivity contribution in [2.75, 3.05) is 19.8 Å². The third kappa shape index (κ3) is 46.8. The normalized spacial score (nSPS) is 13.5. The van der Waals surface area contributed by atoms with Crippen molar-refractivity contribution < 1.29 is 47.5 Å². The van der Waals surface area contributed by atoms with Gasteiger partial charge in [0, 0.05) is 12.8 Å². The van der Waals surface area contributed by atoms with Crippen molar-refractivity contribution >= 4 is 25.7 Å². The number of carboxylic acids is 1. The van der Waals surface area contributed by atoms with Gasteiger partial charge in [0.25, 0.3) is 0 Å². The number of nitrogens with two attached hydrogens (primary N) is 1. The molecule has 3 atom stereocenters. The van der Waals surface area contributed by atoms with Gasteiger partial charge in [0.1, 0.15) is 12.6 Å². The van der Waals surface area contributed by atoms with Crippen LogP contribution in [0.25, 0.3) is 0 Å². The standard InChI is InChI=1S/C51H100NO10P/c1-3-5-7-9-11-13-15-17-19-21-22-23-24-25-27-28-30-32-34-36-38-40-42-49(53)59-44-47(45-60-63(57,58)61-46-48(52)51(55)56)62-50(54)43-41-39-37-35-33-31-29-26-20-18-16-14-12-10-8-6-4-2/h47-48H,3-46,52H2,1-2H3,(H,55,56)(H,57,58)/t47-,48+/m0/s1. The van der Waals surface area contributed by atoms with Gasteiger partial charge in [-0.25, -0.2) is 4.57 Å². The third-order valence-corrected chi connectivity index (χ3v) is 13.1. The van der Waals surface area contributed by atoms with Crippen LogP contribution in [0.4, 0.5) is 0 Å². The molecule has 0 amide bonds. The molecule has 0 fully saturated rings. The maximum absolute atomic E-state index is 12.7. The summed E-state index contributed by atoms with van der Waals surface area (Å²) in [4.78, 5) is 46.2. The fourth-order valence-electron chi connectivity index (χ4n) is 7.95. The molecule has 0 saturated heterocycles. The fourth-order valence-corrected chi connectivity index (χ4v) is 8.73. The number of carbonyl (C=O) groups is 3. The minimum atomic E-state index is -4.71. The van der Waals surface area contributed by atoms with E-state index >= 15 is 0 Å². The monoisotopic (exact) mass is 918 g/mol. The van der Waals surface area contributed by atoms with E-state index in [9.17, 15) is 23.8 Å². The number of unbranched alkanes of at least 4 members (excludes halogenated alkanes) is 37. The molecule has 0 aromatic rings. The van der Waals surface area contributed by atoms with Crippen molar-refractivity contribution in [2.45, 2.75) is 289 Å². The molecule has 0 aliphatic carbocycles. The third-order valence-electron chi connectivity index (χ3n) is 12.1. The molecular formula is C51H100NO10P. The van der Waals surface area contributed by atoms with E-state index in [0.29, 0.717) is 12.8 Å². The minimum Gasteiger partial charge on any atom is -0.480 e. The maximum atomic E-state index is 12.7. The smallest absolute Gasteiger partial charge is 0.472 e. The zero-order valence-electron chi connectivity index (χ0n) is 41.0. The van der Waals surface area contributed by atoms with E-state index in [-0.39, 0.29) is 19.4 Å². The largest absolute Gasteiger partial charge is 0.480 e. The highest BCUT2D eigenvalue weighted by atomic mass is 31.2. The molecule has 1 unspecified atom stereocenters. The van der Waals surface area contributed by atoms with Crippen LogP contribution in [0.1, 0.15) is 277 Å². The molecule has 0 aliphatic rings. The molecule has 12 heteroatoms. The number of esters is 2. The second-order valence-electron chi connectivity index (χ2n) is 18.4. The van der Waals surface area contributed by atoms with E-state index in [2.05, 4.69) is 18.4 Å². The maximum Gasteiger partial charge on any atom is 0.472 e. The van der Waals surface area contributed by atoms with Crippen LogP contribution < -0.4 is 5.73 Å². The van der Waals surface area contributed by atoms with Crippen molar-refractivity contribution in [2.24, 2.45) is 5.73 Å². The average molecular weight is 918 g/mol. The van der Waals surface area contributed by atoms with Crippen molar-refractivity contribution in [3.63, 3.8) is 0 Å². The molecular weight excluding hydrogens is 818 g/mol. The van der Waals surface area contributed by atoms with Gasteiger partial charge >= 0.3 is 25.7 Å². The Hall–Kier alpha value is -1.52. The Morgan fingerprint density at radius 2 is 0.698 bits per heavy atom. The molecule has 0 saturated carbocycles. The topological polar surface area (TPSA) is 172 Å². The number of rotatable bonds is 51. The number of carboxylic acid groups (broad SMARTS) is 1. The van der Waals surface area contributed by atoms with Crippen LogP contribution in [-0.2, 0) is 37.5 Å². The summed E-state index contributed by atoms with van der Waals surface area (Å²) in [6.45, 7) is 2.88. The van der Waals surface area contributed by atoms with Crippen LogP contribution in [0.5, 0.6) is 0 Å². The Labute approximate surface area is 386 Å². The summed E-state index contributed by atoms with van der Waals surface area (Å²) in [7, 11) is -4.71. The Morgan fingerprint density at radius 1 is 0.429 bits per heavy atom. The lowest BCUT2D eigenvalue weighted by Crippen LogP contribution is -2.34. The van der Waals surface area contributed by atoms with E-state index in [0.717, 1.165) is 38.5 Å². The van der Waals surface area contributed by atoms with Crippen molar-refractivity contribution in [1.29, 1.82) is 0 Å². The van der Waals surface area contributed by atoms with Gasteiger partial charge in [-0.2, -0.15) is 0 Å². The molecule has 0 rings (SSSR count). The van der Waals surface area contributed by atoms with Gasteiger partial charge in [-0.3, -0.25) is 23.4 Å². The lowest BCUT2D eigenvalue weighted by atomic mass is 10.0. The number of phosphoric ester groups is 1. The summed E-state index contributed by atoms with van der Waals surface area (Å²) in [6.07, 6.45) is 48.8. The summed E-state index contributed by atoms with van der Waals surface area (Å²) in [6, 6.07) is -1.52. The fraction of sp³-hybridized carbons (Fsp3) is 0.941. The second kappa shape index (κ2) is 47.0. The molecule has 0 radical (unpaired) electrons.